The second-order valence-electron chi connectivity index (χ2n) is 4.06. The van der Waals surface area contributed by atoms with Crippen LogP contribution >= 0.6 is 15.9 Å². The van der Waals surface area contributed by atoms with Crippen LogP contribution in [0.5, 0.6) is 0 Å². The van der Waals surface area contributed by atoms with Crippen molar-refractivity contribution in [3.05, 3.63) is 33.5 Å². The van der Waals surface area contributed by atoms with E-state index >= 15 is 0 Å². The number of nitrogens with zero attached hydrogens (tertiary/aromatic N) is 1. The van der Waals surface area contributed by atoms with Crippen molar-refractivity contribution in [3.63, 3.8) is 0 Å². The lowest BCUT2D eigenvalue weighted by Crippen LogP contribution is -2.28. The predicted molar refractivity (Wildman–Crippen MR) is 64.0 cm³/mol. The Labute approximate surface area is 103 Å². The molecule has 0 spiro atoms. The highest BCUT2D eigenvalue weighted by Crippen LogP contribution is 2.24. The zero-order valence-electron chi connectivity index (χ0n) is 9.09. The number of rotatable bonds is 1. The Morgan fingerprint density at radius 3 is 2.62 bits per heavy atom. The fourth-order valence-corrected chi connectivity index (χ4v) is 2.39. The fourth-order valence-electron chi connectivity index (χ4n) is 1.96. The van der Waals surface area contributed by atoms with Gasteiger partial charge in [0.2, 0.25) is 0 Å². The summed E-state index contributed by atoms with van der Waals surface area (Å²) >= 11 is 3.26. The molecule has 0 aromatic heterocycles. The summed E-state index contributed by atoms with van der Waals surface area (Å²) in [7, 11) is 0. The Morgan fingerprint density at radius 1 is 1.38 bits per heavy atom. The van der Waals surface area contributed by atoms with Crippen molar-refractivity contribution in [1.82, 2.24) is 4.90 Å². The largest absolute Gasteiger partial charge is 0.339 e. The summed E-state index contributed by atoms with van der Waals surface area (Å²) in [6.07, 6.45) is 2.09. The lowest BCUT2D eigenvalue weighted by Gasteiger charge is -2.17. The molecule has 86 valence electrons. The molecule has 1 aromatic rings. The van der Waals surface area contributed by atoms with Gasteiger partial charge in [-0.05, 0) is 37.5 Å². The van der Waals surface area contributed by atoms with E-state index < -0.39 is 0 Å². The van der Waals surface area contributed by atoms with Gasteiger partial charge < -0.3 is 4.90 Å². The standard InChI is InChI=1S/C12H13BrFNO/c1-8-10(6-9(14)7-11(8)13)12(16)15-4-2-3-5-15/h6-7H,2-5H2,1H3. The monoisotopic (exact) mass is 285 g/mol. The third-order valence-electron chi connectivity index (χ3n) is 2.93. The van der Waals surface area contributed by atoms with Crippen molar-refractivity contribution in [1.29, 1.82) is 0 Å². The van der Waals surface area contributed by atoms with E-state index in [0.717, 1.165) is 31.5 Å². The van der Waals surface area contributed by atoms with Crippen molar-refractivity contribution in [2.45, 2.75) is 19.8 Å². The van der Waals surface area contributed by atoms with Gasteiger partial charge >= 0.3 is 0 Å². The van der Waals surface area contributed by atoms with Crippen LogP contribution in [0.1, 0.15) is 28.8 Å². The minimum atomic E-state index is -0.375. The van der Waals surface area contributed by atoms with Crippen LogP contribution in [-0.2, 0) is 0 Å². The molecule has 0 N–H and O–H groups in total. The summed E-state index contributed by atoms with van der Waals surface area (Å²) in [4.78, 5) is 13.9. The number of amides is 1. The molecule has 0 atom stereocenters. The molecule has 1 amide bonds. The predicted octanol–water partition coefficient (Wildman–Crippen LogP) is 3.13. The molecule has 16 heavy (non-hydrogen) atoms. The molecule has 0 bridgehead atoms. The molecule has 1 heterocycles. The van der Waals surface area contributed by atoms with Crippen LogP contribution in [0, 0.1) is 12.7 Å². The minimum Gasteiger partial charge on any atom is -0.339 e. The van der Waals surface area contributed by atoms with Crippen LogP contribution in [0.15, 0.2) is 16.6 Å². The number of benzene rings is 1. The molecule has 1 fully saturated rings. The molecule has 4 heteroatoms. The quantitative estimate of drug-likeness (QED) is 0.776. The first-order valence-electron chi connectivity index (χ1n) is 5.34. The lowest BCUT2D eigenvalue weighted by atomic mass is 10.1. The van der Waals surface area contributed by atoms with E-state index in [4.69, 9.17) is 0 Å². The molecule has 1 aromatic carbocycles. The van der Waals surface area contributed by atoms with Crippen LogP contribution in [-0.4, -0.2) is 23.9 Å². The van der Waals surface area contributed by atoms with Gasteiger partial charge in [0.25, 0.3) is 5.91 Å². The normalized spacial score (nSPS) is 15.6. The van der Waals surface area contributed by atoms with Crippen LogP contribution in [0.4, 0.5) is 4.39 Å². The number of hydrogen-bond donors (Lipinski definition) is 0. The molecule has 0 radical (unpaired) electrons. The zero-order valence-corrected chi connectivity index (χ0v) is 10.7. The van der Waals surface area contributed by atoms with E-state index in [1.165, 1.54) is 12.1 Å². The first-order chi connectivity index (χ1) is 7.59. The molecule has 0 saturated carbocycles. The molecule has 1 aliphatic rings. The summed E-state index contributed by atoms with van der Waals surface area (Å²) in [5.41, 5.74) is 1.27. The fraction of sp³-hybridized carbons (Fsp3) is 0.417. The average molecular weight is 286 g/mol. The molecule has 2 nitrogen and oxygen atoms in total. The Hall–Kier alpha value is -0.900. The van der Waals surface area contributed by atoms with Gasteiger partial charge in [-0.25, -0.2) is 4.39 Å². The van der Waals surface area contributed by atoms with Crippen molar-refractivity contribution in [2.75, 3.05) is 13.1 Å². The summed E-state index contributed by atoms with van der Waals surface area (Å²) < 4.78 is 13.9. The summed E-state index contributed by atoms with van der Waals surface area (Å²) in [5, 5.41) is 0. The van der Waals surface area contributed by atoms with Crippen molar-refractivity contribution in [2.24, 2.45) is 0 Å². The van der Waals surface area contributed by atoms with Crippen LogP contribution in [0.3, 0.4) is 0 Å². The van der Waals surface area contributed by atoms with Crippen molar-refractivity contribution in [3.8, 4) is 0 Å². The second kappa shape index (κ2) is 4.53. The highest BCUT2D eigenvalue weighted by molar-refractivity contribution is 9.10. The minimum absolute atomic E-state index is 0.0600. The van der Waals surface area contributed by atoms with Gasteiger partial charge in [-0.15, -0.1) is 0 Å². The molecule has 0 aliphatic carbocycles. The van der Waals surface area contributed by atoms with Crippen molar-refractivity contribution >= 4 is 21.8 Å². The van der Waals surface area contributed by atoms with Crippen molar-refractivity contribution < 1.29 is 9.18 Å². The third-order valence-corrected chi connectivity index (χ3v) is 3.76. The number of carbonyl (C=O) groups is 1. The molecular formula is C12H13BrFNO. The first kappa shape index (κ1) is 11.6. The van der Waals surface area contributed by atoms with Gasteiger partial charge in [0, 0.05) is 23.1 Å². The van der Waals surface area contributed by atoms with Gasteiger partial charge in [0.05, 0.1) is 0 Å². The van der Waals surface area contributed by atoms with Crippen LogP contribution in [0.2, 0.25) is 0 Å². The number of hydrogen-bond acceptors (Lipinski definition) is 1. The topological polar surface area (TPSA) is 20.3 Å². The molecule has 0 unspecified atom stereocenters. The first-order valence-corrected chi connectivity index (χ1v) is 6.14. The van der Waals surface area contributed by atoms with Crippen LogP contribution in [0.25, 0.3) is 0 Å². The SMILES string of the molecule is Cc1c(Br)cc(F)cc1C(=O)N1CCCC1. The molecule has 1 saturated heterocycles. The van der Waals surface area contributed by atoms with Gasteiger partial charge in [-0.1, -0.05) is 15.9 Å². The maximum atomic E-state index is 13.3. The lowest BCUT2D eigenvalue weighted by molar-refractivity contribution is 0.0791. The molecule has 1 aliphatic heterocycles. The smallest absolute Gasteiger partial charge is 0.254 e. The number of likely N-dealkylation sites (tertiary alicyclic amines) is 1. The number of carbonyl (C=O) groups excluding carboxylic acids is 1. The van der Waals surface area contributed by atoms with E-state index in [-0.39, 0.29) is 11.7 Å². The summed E-state index contributed by atoms with van der Waals surface area (Å²) in [6.45, 7) is 3.39. The van der Waals surface area contributed by atoms with Gasteiger partial charge in [-0.3, -0.25) is 4.79 Å². The number of halogens is 2. The van der Waals surface area contributed by atoms with E-state index in [1.807, 2.05) is 6.92 Å². The summed E-state index contributed by atoms with van der Waals surface area (Å²) in [5.74, 6) is -0.435. The van der Waals surface area contributed by atoms with E-state index in [0.29, 0.717) is 10.0 Å². The Kier molecular flexibility index (Phi) is 3.28. The Morgan fingerprint density at radius 2 is 2.00 bits per heavy atom. The molecular weight excluding hydrogens is 273 g/mol. The maximum Gasteiger partial charge on any atom is 0.254 e. The van der Waals surface area contributed by atoms with Gasteiger partial charge in [-0.2, -0.15) is 0 Å². The highest BCUT2D eigenvalue weighted by atomic mass is 79.9. The second-order valence-corrected chi connectivity index (χ2v) is 4.91. The van der Waals surface area contributed by atoms with Gasteiger partial charge in [0.15, 0.2) is 0 Å². The van der Waals surface area contributed by atoms with Gasteiger partial charge in [0.1, 0.15) is 5.82 Å². The Balaban J connectivity index is 2.35. The Bertz CT molecular complexity index is 427. The highest BCUT2D eigenvalue weighted by Gasteiger charge is 2.22. The van der Waals surface area contributed by atoms with E-state index in [9.17, 15) is 9.18 Å². The molecule has 2 rings (SSSR count). The maximum absolute atomic E-state index is 13.3. The third kappa shape index (κ3) is 2.12. The van der Waals surface area contributed by atoms with E-state index in [1.54, 1.807) is 4.90 Å². The van der Waals surface area contributed by atoms with Crippen LogP contribution < -0.4 is 0 Å². The zero-order chi connectivity index (χ0) is 11.7. The van der Waals surface area contributed by atoms with E-state index in [2.05, 4.69) is 15.9 Å². The summed E-state index contributed by atoms with van der Waals surface area (Å²) in [6, 6.07) is 2.71. The average Bonchev–Trinajstić information content (AvgIpc) is 2.75.